The lowest BCUT2D eigenvalue weighted by Gasteiger charge is -2.32. The summed E-state index contributed by atoms with van der Waals surface area (Å²) in [5.74, 6) is -0.152. The second kappa shape index (κ2) is 8.05. The van der Waals surface area contributed by atoms with E-state index in [1.54, 1.807) is 27.6 Å². The summed E-state index contributed by atoms with van der Waals surface area (Å²) in [6, 6.07) is -0.00651. The van der Waals surface area contributed by atoms with Crippen LogP contribution >= 0.6 is 0 Å². The Kier molecular flexibility index (Phi) is 5.33. The molecule has 11 nitrogen and oxygen atoms in total. The molecule has 0 aromatic carbocycles. The first kappa shape index (κ1) is 18.5. The standard InChI is InChI=1S/C17H23N7O4/c1-12-14(20-28-19-12)9-16(25)23-4-2-3-13(10-23)24-11-15(18-21-24)17(26)22-5-7-27-8-6-22/h11,13H,2-10H2,1H3. The Morgan fingerprint density at radius 1 is 1.18 bits per heavy atom. The molecule has 0 bridgehead atoms. The van der Waals surface area contributed by atoms with Crippen molar-refractivity contribution in [2.24, 2.45) is 0 Å². The molecule has 1 unspecified atom stereocenters. The van der Waals surface area contributed by atoms with Crippen molar-refractivity contribution < 1.29 is 19.0 Å². The zero-order valence-electron chi connectivity index (χ0n) is 15.8. The van der Waals surface area contributed by atoms with E-state index in [2.05, 4.69) is 25.3 Å². The molecular weight excluding hydrogens is 366 g/mol. The fraction of sp³-hybridized carbons (Fsp3) is 0.647. The topological polar surface area (TPSA) is 119 Å². The maximum Gasteiger partial charge on any atom is 0.276 e. The number of piperidine rings is 1. The third-order valence-electron chi connectivity index (χ3n) is 5.22. The number of amides is 2. The number of hydrogen-bond acceptors (Lipinski definition) is 8. The van der Waals surface area contributed by atoms with Crippen LogP contribution in [-0.4, -0.2) is 86.3 Å². The zero-order chi connectivity index (χ0) is 19.5. The first-order valence-corrected chi connectivity index (χ1v) is 9.46. The minimum Gasteiger partial charge on any atom is -0.378 e. The Hall–Kier alpha value is -2.82. The molecule has 1 atom stereocenters. The molecule has 2 amide bonds. The zero-order valence-corrected chi connectivity index (χ0v) is 15.8. The van der Waals surface area contributed by atoms with Crippen molar-refractivity contribution in [3.05, 3.63) is 23.3 Å². The van der Waals surface area contributed by atoms with Crippen LogP contribution in [0.1, 0.15) is 40.8 Å². The molecule has 0 radical (unpaired) electrons. The molecule has 11 heteroatoms. The molecule has 0 N–H and O–H groups in total. The molecule has 2 aliphatic heterocycles. The van der Waals surface area contributed by atoms with Gasteiger partial charge in [0.05, 0.1) is 31.9 Å². The van der Waals surface area contributed by atoms with Gasteiger partial charge in [-0.25, -0.2) is 9.31 Å². The van der Waals surface area contributed by atoms with E-state index >= 15 is 0 Å². The number of aromatic nitrogens is 5. The quantitative estimate of drug-likeness (QED) is 0.708. The Balaban J connectivity index is 1.39. The highest BCUT2D eigenvalue weighted by Gasteiger charge is 2.28. The van der Waals surface area contributed by atoms with Crippen molar-refractivity contribution in [3.8, 4) is 0 Å². The molecule has 2 aromatic heterocycles. The molecular formula is C17H23N7O4. The fourth-order valence-corrected chi connectivity index (χ4v) is 3.54. The van der Waals surface area contributed by atoms with Crippen LogP contribution < -0.4 is 0 Å². The summed E-state index contributed by atoms with van der Waals surface area (Å²) in [7, 11) is 0. The van der Waals surface area contributed by atoms with Crippen LogP contribution in [0.3, 0.4) is 0 Å². The lowest BCUT2D eigenvalue weighted by Crippen LogP contribution is -2.42. The van der Waals surface area contributed by atoms with Crippen molar-refractivity contribution in [1.82, 2.24) is 35.1 Å². The average Bonchev–Trinajstić information content (AvgIpc) is 3.38. The number of hydrogen-bond donors (Lipinski definition) is 0. The normalized spacial score (nSPS) is 20.4. The predicted molar refractivity (Wildman–Crippen MR) is 94.3 cm³/mol. The molecule has 0 aliphatic carbocycles. The van der Waals surface area contributed by atoms with Crippen LogP contribution in [-0.2, 0) is 16.0 Å². The average molecular weight is 389 g/mol. The number of carbonyl (C=O) groups is 2. The van der Waals surface area contributed by atoms with Crippen molar-refractivity contribution in [2.45, 2.75) is 32.2 Å². The second-order valence-electron chi connectivity index (χ2n) is 7.10. The highest BCUT2D eigenvalue weighted by atomic mass is 16.6. The monoisotopic (exact) mass is 389 g/mol. The molecule has 150 valence electrons. The fourth-order valence-electron chi connectivity index (χ4n) is 3.54. The minimum absolute atomic E-state index is 0.00651. The number of aryl methyl sites for hydroxylation is 1. The number of carbonyl (C=O) groups excluding carboxylic acids is 2. The molecule has 2 aliphatic rings. The predicted octanol–water partition coefficient (Wildman–Crippen LogP) is -0.152. The number of ether oxygens (including phenoxy) is 1. The summed E-state index contributed by atoms with van der Waals surface area (Å²) in [5, 5.41) is 15.7. The van der Waals surface area contributed by atoms with Gasteiger partial charge in [-0.1, -0.05) is 15.5 Å². The Labute approximate surface area is 161 Å². The van der Waals surface area contributed by atoms with Gasteiger partial charge >= 0.3 is 0 Å². The Bertz CT molecular complexity index is 842. The van der Waals surface area contributed by atoms with Gasteiger partial charge < -0.3 is 14.5 Å². The third-order valence-corrected chi connectivity index (χ3v) is 5.22. The van der Waals surface area contributed by atoms with Gasteiger partial charge in [0.2, 0.25) is 5.91 Å². The van der Waals surface area contributed by atoms with Gasteiger partial charge in [-0.15, -0.1) is 5.10 Å². The van der Waals surface area contributed by atoms with E-state index in [1.165, 1.54) is 0 Å². The van der Waals surface area contributed by atoms with Gasteiger partial charge in [-0.05, 0) is 19.8 Å². The van der Waals surface area contributed by atoms with Crippen molar-refractivity contribution in [2.75, 3.05) is 39.4 Å². The molecule has 4 heterocycles. The van der Waals surface area contributed by atoms with Crippen LogP contribution in [0.5, 0.6) is 0 Å². The first-order chi connectivity index (χ1) is 13.6. The van der Waals surface area contributed by atoms with E-state index in [-0.39, 0.29) is 24.3 Å². The number of likely N-dealkylation sites (tertiary alicyclic amines) is 1. The summed E-state index contributed by atoms with van der Waals surface area (Å²) in [4.78, 5) is 28.7. The van der Waals surface area contributed by atoms with Gasteiger partial charge in [0.25, 0.3) is 5.91 Å². The number of rotatable bonds is 4. The van der Waals surface area contributed by atoms with E-state index in [4.69, 9.17) is 4.74 Å². The van der Waals surface area contributed by atoms with Crippen molar-refractivity contribution in [3.63, 3.8) is 0 Å². The number of nitrogens with zero attached hydrogens (tertiary/aromatic N) is 7. The van der Waals surface area contributed by atoms with Gasteiger partial charge in [0, 0.05) is 26.2 Å². The lowest BCUT2D eigenvalue weighted by atomic mass is 10.1. The van der Waals surface area contributed by atoms with Crippen LogP contribution in [0.25, 0.3) is 0 Å². The van der Waals surface area contributed by atoms with E-state index in [9.17, 15) is 9.59 Å². The lowest BCUT2D eigenvalue weighted by molar-refractivity contribution is -0.132. The maximum atomic E-state index is 12.6. The largest absolute Gasteiger partial charge is 0.378 e. The smallest absolute Gasteiger partial charge is 0.276 e. The van der Waals surface area contributed by atoms with Crippen LogP contribution in [0, 0.1) is 6.92 Å². The van der Waals surface area contributed by atoms with Crippen LogP contribution in [0.15, 0.2) is 10.8 Å². The van der Waals surface area contributed by atoms with E-state index < -0.39 is 0 Å². The summed E-state index contributed by atoms with van der Waals surface area (Å²) in [5.41, 5.74) is 1.52. The summed E-state index contributed by atoms with van der Waals surface area (Å²) in [6.45, 7) is 5.19. The summed E-state index contributed by atoms with van der Waals surface area (Å²) >= 11 is 0. The maximum absolute atomic E-state index is 12.6. The third kappa shape index (κ3) is 3.88. The Morgan fingerprint density at radius 3 is 2.75 bits per heavy atom. The van der Waals surface area contributed by atoms with E-state index in [0.29, 0.717) is 56.5 Å². The first-order valence-electron chi connectivity index (χ1n) is 9.46. The Morgan fingerprint density at radius 2 is 2.00 bits per heavy atom. The van der Waals surface area contributed by atoms with Gasteiger partial charge in [0.15, 0.2) is 5.69 Å². The molecule has 2 saturated heterocycles. The van der Waals surface area contributed by atoms with Crippen LogP contribution in [0.4, 0.5) is 0 Å². The molecule has 2 aromatic rings. The minimum atomic E-state index is -0.132. The highest BCUT2D eigenvalue weighted by Crippen LogP contribution is 2.22. The van der Waals surface area contributed by atoms with Gasteiger partial charge in [-0.3, -0.25) is 9.59 Å². The molecule has 0 saturated carbocycles. The van der Waals surface area contributed by atoms with Gasteiger partial charge in [0.1, 0.15) is 11.4 Å². The summed E-state index contributed by atoms with van der Waals surface area (Å²) < 4.78 is 11.6. The second-order valence-corrected chi connectivity index (χ2v) is 7.10. The highest BCUT2D eigenvalue weighted by molar-refractivity contribution is 5.92. The van der Waals surface area contributed by atoms with Crippen molar-refractivity contribution in [1.29, 1.82) is 0 Å². The number of morpholine rings is 1. The van der Waals surface area contributed by atoms with E-state index in [0.717, 1.165) is 12.8 Å². The molecule has 28 heavy (non-hydrogen) atoms. The summed E-state index contributed by atoms with van der Waals surface area (Å²) in [6.07, 6.45) is 3.59. The molecule has 0 spiro atoms. The molecule has 2 fully saturated rings. The van der Waals surface area contributed by atoms with E-state index in [1.807, 2.05) is 0 Å². The SMILES string of the molecule is Cc1nonc1CC(=O)N1CCCC(n2cc(C(=O)N3CCOCC3)nn2)C1. The molecule has 4 rings (SSSR count). The van der Waals surface area contributed by atoms with Crippen LogP contribution in [0.2, 0.25) is 0 Å². The van der Waals surface area contributed by atoms with Gasteiger partial charge in [-0.2, -0.15) is 0 Å². The van der Waals surface area contributed by atoms with Crippen molar-refractivity contribution >= 4 is 11.8 Å².